The Balaban J connectivity index is 3.95. The third-order valence-corrected chi connectivity index (χ3v) is 5.47. The third kappa shape index (κ3) is 3.91. The van der Waals surface area contributed by atoms with Crippen LogP contribution < -0.4 is 0 Å². The van der Waals surface area contributed by atoms with Crippen molar-refractivity contribution in [2.75, 3.05) is 33.3 Å². The smallest absolute Gasteiger partial charge is 0.364 e. The van der Waals surface area contributed by atoms with Gasteiger partial charge in [-0.2, -0.15) is 12.6 Å². The topological polar surface area (TPSA) is 27.7 Å². The molecule has 0 saturated carbocycles. The van der Waals surface area contributed by atoms with Crippen LogP contribution in [0.1, 0.15) is 6.42 Å². The molecule has 0 radical (unpaired) electrons. The maximum absolute atomic E-state index is 5.39. The molecule has 0 aliphatic heterocycles. The van der Waals surface area contributed by atoms with Crippen LogP contribution >= 0.6 is 12.6 Å². The fourth-order valence-corrected chi connectivity index (χ4v) is 3.61. The summed E-state index contributed by atoms with van der Waals surface area (Å²) in [7, 11) is 3.01. The van der Waals surface area contributed by atoms with Gasteiger partial charge in [0.05, 0.1) is 6.23 Å². The van der Waals surface area contributed by atoms with Crippen molar-refractivity contribution in [2.24, 2.45) is 0 Å². The van der Waals surface area contributed by atoms with Gasteiger partial charge in [0.25, 0.3) is 0 Å². The summed E-state index contributed by atoms with van der Waals surface area (Å²) in [5.74, 6) is 0.866. The fourth-order valence-electron chi connectivity index (χ4n) is 1.05. The zero-order valence-electron chi connectivity index (χ0n) is 8.00. The first-order valence-corrected chi connectivity index (χ1v) is 6.81. The van der Waals surface area contributed by atoms with Gasteiger partial charge in [-0.3, -0.25) is 0 Å². The van der Waals surface area contributed by atoms with E-state index in [0.717, 1.165) is 18.2 Å². The molecule has 0 aromatic rings. The van der Waals surface area contributed by atoms with Gasteiger partial charge < -0.3 is 13.6 Å². The Kier molecular flexibility index (Phi) is 7.17. The Morgan fingerprint density at radius 3 is 2.08 bits per heavy atom. The lowest BCUT2D eigenvalue weighted by atomic mass is 10.6. The van der Waals surface area contributed by atoms with E-state index in [2.05, 4.69) is 12.6 Å². The van der Waals surface area contributed by atoms with Crippen LogP contribution in [-0.4, -0.2) is 41.9 Å². The van der Waals surface area contributed by atoms with Crippen LogP contribution in [0.4, 0.5) is 0 Å². The third-order valence-electron chi connectivity index (χ3n) is 1.82. The lowest BCUT2D eigenvalue weighted by molar-refractivity contribution is 0.163. The molecule has 0 fully saturated rings. The highest BCUT2D eigenvalue weighted by molar-refractivity contribution is 7.80. The Labute approximate surface area is 81.1 Å². The van der Waals surface area contributed by atoms with Gasteiger partial charge in [0.15, 0.2) is 0 Å². The first-order chi connectivity index (χ1) is 5.74. The highest BCUT2D eigenvalue weighted by Gasteiger charge is 2.34. The molecule has 0 bridgehead atoms. The molecular formula is C7H18O3SSi. The molecule has 0 aliphatic rings. The molecule has 5 heteroatoms. The minimum atomic E-state index is -2.04. The number of thiol groups is 1. The van der Waals surface area contributed by atoms with Crippen LogP contribution in [0.25, 0.3) is 0 Å². The van der Waals surface area contributed by atoms with Crippen molar-refractivity contribution in [3.05, 3.63) is 0 Å². The molecule has 74 valence electrons. The lowest BCUT2D eigenvalue weighted by Gasteiger charge is -2.26. The minimum Gasteiger partial charge on any atom is -0.396 e. The first-order valence-electron chi connectivity index (χ1n) is 3.95. The number of ether oxygens (including phenoxy) is 1. The average Bonchev–Trinajstić information content (AvgIpc) is 2.13. The van der Waals surface area contributed by atoms with Crippen molar-refractivity contribution in [1.82, 2.24) is 0 Å². The molecule has 0 aromatic heterocycles. The zero-order chi connectivity index (χ0) is 9.45. The maximum atomic E-state index is 5.39. The quantitative estimate of drug-likeness (QED) is 0.506. The van der Waals surface area contributed by atoms with Crippen molar-refractivity contribution in [2.45, 2.75) is 12.5 Å². The van der Waals surface area contributed by atoms with E-state index < -0.39 is 8.56 Å². The molecule has 3 nitrogen and oxygen atoms in total. The summed E-state index contributed by atoms with van der Waals surface area (Å²) in [6.45, 7) is 0. The van der Waals surface area contributed by atoms with E-state index in [1.165, 1.54) is 0 Å². The minimum absolute atomic E-state index is 0.591. The van der Waals surface area contributed by atoms with E-state index >= 15 is 0 Å². The van der Waals surface area contributed by atoms with E-state index in [0.29, 0.717) is 6.23 Å². The van der Waals surface area contributed by atoms with Crippen molar-refractivity contribution in [3.63, 3.8) is 0 Å². The molecule has 0 aliphatic carbocycles. The lowest BCUT2D eigenvalue weighted by Crippen LogP contribution is -2.45. The Hall–Kier alpha value is 0.447. The van der Waals surface area contributed by atoms with Crippen LogP contribution in [0.3, 0.4) is 0 Å². The molecule has 0 rings (SSSR count). The molecule has 0 N–H and O–H groups in total. The number of hydrogen-bond acceptors (Lipinski definition) is 4. The van der Waals surface area contributed by atoms with E-state index in [-0.39, 0.29) is 0 Å². The van der Waals surface area contributed by atoms with Gasteiger partial charge in [-0.1, -0.05) is 0 Å². The predicted octanol–water partition coefficient (Wildman–Crippen LogP) is 1.23. The second-order valence-corrected chi connectivity index (χ2v) is 6.45. The normalized spacial score (nSPS) is 12.0. The summed E-state index contributed by atoms with van der Waals surface area (Å²) in [5, 5.41) is 0. The van der Waals surface area contributed by atoms with Gasteiger partial charge in [0.2, 0.25) is 0 Å². The standard InChI is InChI=1S/C7H18O3SSi/c1-8-7-12(9-2,10-3)6-4-5-11/h11H,4-7H2,1-3H3. The Morgan fingerprint density at radius 1 is 1.17 bits per heavy atom. The van der Waals surface area contributed by atoms with Crippen LogP contribution in [-0.2, 0) is 13.6 Å². The molecule has 0 atom stereocenters. The first kappa shape index (κ1) is 12.4. The van der Waals surface area contributed by atoms with Gasteiger partial charge >= 0.3 is 8.56 Å². The van der Waals surface area contributed by atoms with Gasteiger partial charge in [0, 0.05) is 21.3 Å². The van der Waals surface area contributed by atoms with Gasteiger partial charge in [-0.05, 0) is 18.2 Å². The molecule has 0 amide bonds. The van der Waals surface area contributed by atoms with Crippen molar-refractivity contribution >= 4 is 21.2 Å². The summed E-state index contributed by atoms with van der Waals surface area (Å²) in [6, 6.07) is 0.942. The molecule has 12 heavy (non-hydrogen) atoms. The molecule has 0 spiro atoms. The van der Waals surface area contributed by atoms with E-state index in [4.69, 9.17) is 13.6 Å². The van der Waals surface area contributed by atoms with Crippen molar-refractivity contribution in [1.29, 1.82) is 0 Å². The van der Waals surface area contributed by atoms with Crippen molar-refractivity contribution in [3.8, 4) is 0 Å². The summed E-state index contributed by atoms with van der Waals surface area (Å²) in [5.41, 5.74) is 0. The van der Waals surface area contributed by atoms with Gasteiger partial charge in [-0.25, -0.2) is 0 Å². The monoisotopic (exact) mass is 210 g/mol. The summed E-state index contributed by atoms with van der Waals surface area (Å²) in [6.07, 6.45) is 1.61. The van der Waals surface area contributed by atoms with E-state index in [9.17, 15) is 0 Å². The van der Waals surface area contributed by atoms with Crippen LogP contribution in [0.5, 0.6) is 0 Å². The molecule has 0 heterocycles. The largest absolute Gasteiger partial charge is 0.396 e. The van der Waals surface area contributed by atoms with Gasteiger partial charge in [-0.15, -0.1) is 0 Å². The number of methoxy groups -OCH3 is 1. The SMILES string of the molecule is COC[Si](CCCS)(OC)OC. The van der Waals surface area contributed by atoms with E-state index in [1.54, 1.807) is 21.3 Å². The second-order valence-electron chi connectivity index (χ2n) is 2.58. The number of hydrogen-bond donors (Lipinski definition) is 1. The molecule has 0 saturated heterocycles. The van der Waals surface area contributed by atoms with Crippen LogP contribution in [0.2, 0.25) is 6.04 Å². The highest BCUT2D eigenvalue weighted by atomic mass is 32.1. The zero-order valence-corrected chi connectivity index (χ0v) is 9.89. The average molecular weight is 210 g/mol. The van der Waals surface area contributed by atoms with Crippen LogP contribution in [0.15, 0.2) is 0 Å². The summed E-state index contributed by atoms with van der Waals surface area (Å²) in [4.78, 5) is 0. The molecular weight excluding hydrogens is 192 g/mol. The molecule has 0 unspecified atom stereocenters. The highest BCUT2D eigenvalue weighted by Crippen LogP contribution is 2.14. The summed E-state index contributed by atoms with van der Waals surface area (Å²) < 4.78 is 15.8. The van der Waals surface area contributed by atoms with Crippen molar-refractivity contribution < 1.29 is 13.6 Å². The Morgan fingerprint density at radius 2 is 1.75 bits per heavy atom. The Bertz CT molecular complexity index is 109. The molecule has 0 aromatic carbocycles. The summed E-state index contributed by atoms with van der Waals surface area (Å²) >= 11 is 4.15. The fraction of sp³-hybridized carbons (Fsp3) is 1.00. The second kappa shape index (κ2) is 6.91. The van der Waals surface area contributed by atoms with Gasteiger partial charge in [0.1, 0.15) is 0 Å². The van der Waals surface area contributed by atoms with Crippen LogP contribution in [0, 0.1) is 0 Å². The predicted molar refractivity (Wildman–Crippen MR) is 54.9 cm³/mol. The van der Waals surface area contributed by atoms with E-state index in [1.807, 2.05) is 0 Å². The number of rotatable bonds is 7. The maximum Gasteiger partial charge on any atom is 0.364 e.